The second-order valence-electron chi connectivity index (χ2n) is 3.97. The molecule has 112 valence electrons. The number of nitrogens with two attached hydrogens (primary N) is 1. The first kappa shape index (κ1) is 16.4. The number of carboxylic acids is 1. The average Bonchev–Trinajstić information content (AvgIpc) is 2.34. The van der Waals surface area contributed by atoms with Crippen molar-refractivity contribution in [1.82, 2.24) is 0 Å². The molecule has 1 unspecified atom stereocenters. The summed E-state index contributed by atoms with van der Waals surface area (Å²) in [4.78, 5) is 10.2. The molecule has 0 saturated carbocycles. The van der Waals surface area contributed by atoms with Crippen LogP contribution in [0.25, 0.3) is 0 Å². The number of benzene rings is 1. The van der Waals surface area contributed by atoms with Crippen LogP contribution in [-0.4, -0.2) is 31.3 Å². The molecule has 9 heteroatoms. The van der Waals surface area contributed by atoms with E-state index in [1.165, 1.54) is 0 Å². The molecule has 0 amide bonds. The molecule has 0 heterocycles. The normalized spacial score (nSPS) is 14.0. The molecular formula is C11H12F3NO4S. The second-order valence-corrected chi connectivity index (χ2v) is 6.11. The Hall–Kier alpha value is -1.61. The zero-order chi connectivity index (χ0) is 15.6. The Balaban J connectivity index is 3.31. The van der Waals surface area contributed by atoms with Gasteiger partial charge in [0.1, 0.15) is 0 Å². The van der Waals surface area contributed by atoms with Crippen molar-refractivity contribution in [3.8, 4) is 0 Å². The topological polar surface area (TPSA) is 97.5 Å². The first-order valence-electron chi connectivity index (χ1n) is 5.44. The number of rotatable bonds is 5. The Morgan fingerprint density at radius 2 is 1.95 bits per heavy atom. The lowest BCUT2D eigenvalue weighted by Crippen LogP contribution is -2.32. The molecule has 0 fully saturated rings. The van der Waals surface area contributed by atoms with Crippen molar-refractivity contribution in [2.24, 2.45) is 5.73 Å². The van der Waals surface area contributed by atoms with Crippen LogP contribution in [0.1, 0.15) is 12.0 Å². The van der Waals surface area contributed by atoms with Gasteiger partial charge in [0.25, 0.3) is 0 Å². The van der Waals surface area contributed by atoms with Gasteiger partial charge in [-0.3, -0.25) is 4.79 Å². The molecule has 0 saturated heterocycles. The molecule has 0 aliphatic rings. The van der Waals surface area contributed by atoms with Crippen LogP contribution >= 0.6 is 0 Å². The quantitative estimate of drug-likeness (QED) is 0.853. The number of hydrogen-bond donors (Lipinski definition) is 2. The molecule has 1 atom stereocenters. The Bertz CT molecular complexity index is 598. The summed E-state index contributed by atoms with van der Waals surface area (Å²) in [7, 11) is -4.42. The highest BCUT2D eigenvalue weighted by atomic mass is 32.2. The summed E-state index contributed by atoms with van der Waals surface area (Å²) in [6.45, 7) is -0.213. The third-order valence-corrected chi connectivity index (χ3v) is 4.67. The summed E-state index contributed by atoms with van der Waals surface area (Å²) in [6, 6.07) is 2.97. The number of hydrogen-bond acceptors (Lipinski definition) is 4. The van der Waals surface area contributed by atoms with E-state index in [2.05, 4.69) is 0 Å². The van der Waals surface area contributed by atoms with Crippen LogP contribution in [0.2, 0.25) is 0 Å². The molecule has 0 aromatic heterocycles. The van der Waals surface area contributed by atoms with E-state index in [1.807, 2.05) is 0 Å². The van der Waals surface area contributed by atoms with Crippen molar-refractivity contribution in [3.63, 3.8) is 0 Å². The molecule has 0 aliphatic heterocycles. The fourth-order valence-corrected chi connectivity index (χ4v) is 3.18. The van der Waals surface area contributed by atoms with Gasteiger partial charge < -0.3 is 10.8 Å². The summed E-state index contributed by atoms with van der Waals surface area (Å²) in [5.74, 6) is -1.65. The fraction of sp³-hybridized carbons (Fsp3) is 0.364. The maximum atomic E-state index is 12.5. The predicted octanol–water partition coefficient (Wildman–Crippen LogP) is 1.28. The zero-order valence-corrected chi connectivity index (χ0v) is 10.9. The van der Waals surface area contributed by atoms with Crippen molar-refractivity contribution in [2.75, 3.05) is 6.54 Å². The van der Waals surface area contributed by atoms with Crippen molar-refractivity contribution in [3.05, 3.63) is 29.8 Å². The van der Waals surface area contributed by atoms with Gasteiger partial charge in [0.05, 0.1) is 10.5 Å². The van der Waals surface area contributed by atoms with E-state index in [1.54, 1.807) is 0 Å². The molecule has 0 bridgehead atoms. The Morgan fingerprint density at radius 3 is 2.40 bits per heavy atom. The van der Waals surface area contributed by atoms with Gasteiger partial charge in [0, 0.05) is 0 Å². The van der Waals surface area contributed by atoms with E-state index in [0.29, 0.717) is 12.1 Å². The van der Waals surface area contributed by atoms with Gasteiger partial charge in [-0.05, 0) is 31.2 Å². The third kappa shape index (κ3) is 3.48. The van der Waals surface area contributed by atoms with Crippen molar-refractivity contribution >= 4 is 15.8 Å². The Morgan fingerprint density at radius 1 is 1.35 bits per heavy atom. The first-order chi connectivity index (χ1) is 9.10. The molecule has 1 rings (SSSR count). The van der Waals surface area contributed by atoms with Crippen LogP contribution in [-0.2, 0) is 20.8 Å². The lowest BCUT2D eigenvalue weighted by atomic mass is 10.2. The zero-order valence-electron chi connectivity index (χ0n) is 10.1. The van der Waals surface area contributed by atoms with Gasteiger partial charge in [0.15, 0.2) is 15.1 Å². The highest BCUT2D eigenvalue weighted by Crippen LogP contribution is 2.31. The minimum absolute atomic E-state index is 0.213. The van der Waals surface area contributed by atoms with Gasteiger partial charge in [-0.15, -0.1) is 0 Å². The summed E-state index contributed by atoms with van der Waals surface area (Å²) in [5.41, 5.74) is 3.98. The van der Waals surface area contributed by atoms with Crippen molar-refractivity contribution < 1.29 is 31.5 Å². The lowest BCUT2D eigenvalue weighted by molar-refractivity contribution is -0.138. The highest BCUT2D eigenvalue weighted by molar-refractivity contribution is 7.92. The largest absolute Gasteiger partial charge is 0.480 e. The van der Waals surface area contributed by atoms with Gasteiger partial charge >= 0.3 is 12.1 Å². The van der Waals surface area contributed by atoms with Crippen LogP contribution in [0.5, 0.6) is 0 Å². The van der Waals surface area contributed by atoms with Crippen LogP contribution in [0.3, 0.4) is 0 Å². The molecule has 0 radical (unpaired) electrons. The van der Waals surface area contributed by atoms with Crippen LogP contribution in [0.15, 0.2) is 29.2 Å². The van der Waals surface area contributed by atoms with Crippen LogP contribution in [0, 0.1) is 0 Å². The smallest absolute Gasteiger partial charge is 0.416 e. The van der Waals surface area contributed by atoms with Crippen LogP contribution < -0.4 is 5.73 Å². The second kappa shape index (κ2) is 5.80. The van der Waals surface area contributed by atoms with Gasteiger partial charge in [-0.1, -0.05) is 6.07 Å². The number of carboxylic acid groups (broad SMARTS) is 1. The summed E-state index contributed by atoms with van der Waals surface area (Å²) >= 11 is 0. The summed E-state index contributed by atoms with van der Waals surface area (Å²) in [6.07, 6.45) is -5.09. The Kier molecular flexibility index (Phi) is 4.77. The SMILES string of the molecule is NCCC(C(=O)O)S(=O)(=O)c1cccc(C(F)(F)F)c1. The first-order valence-corrected chi connectivity index (χ1v) is 6.99. The van der Waals surface area contributed by atoms with Crippen LogP contribution in [0.4, 0.5) is 13.2 Å². The highest BCUT2D eigenvalue weighted by Gasteiger charge is 2.36. The average molecular weight is 311 g/mol. The summed E-state index contributed by atoms with van der Waals surface area (Å²) < 4.78 is 61.7. The molecule has 20 heavy (non-hydrogen) atoms. The minimum Gasteiger partial charge on any atom is -0.480 e. The van der Waals surface area contributed by atoms with E-state index in [9.17, 15) is 26.4 Å². The van der Waals surface area contributed by atoms with Crippen molar-refractivity contribution in [2.45, 2.75) is 22.7 Å². The van der Waals surface area contributed by atoms with Gasteiger partial charge in [-0.25, -0.2) is 8.42 Å². The molecular weight excluding hydrogens is 299 g/mol. The number of aliphatic carboxylic acids is 1. The number of halogens is 3. The molecule has 1 aromatic carbocycles. The molecule has 0 aliphatic carbocycles. The lowest BCUT2D eigenvalue weighted by Gasteiger charge is -2.14. The molecule has 1 aromatic rings. The maximum Gasteiger partial charge on any atom is 0.416 e. The van der Waals surface area contributed by atoms with E-state index in [-0.39, 0.29) is 13.0 Å². The fourth-order valence-electron chi connectivity index (χ4n) is 1.58. The van der Waals surface area contributed by atoms with E-state index in [4.69, 9.17) is 10.8 Å². The van der Waals surface area contributed by atoms with E-state index < -0.39 is 37.7 Å². The van der Waals surface area contributed by atoms with E-state index >= 15 is 0 Å². The number of carbonyl (C=O) groups is 1. The van der Waals surface area contributed by atoms with Gasteiger partial charge in [0.2, 0.25) is 0 Å². The molecule has 0 spiro atoms. The standard InChI is InChI=1S/C11H12F3NO4S/c12-11(13,14)7-2-1-3-8(6-7)20(18,19)9(4-5-15)10(16)17/h1-3,6,9H,4-5,15H2,(H,16,17). The maximum absolute atomic E-state index is 12.5. The molecule has 3 N–H and O–H groups in total. The number of alkyl halides is 3. The summed E-state index contributed by atoms with van der Waals surface area (Å²) in [5, 5.41) is 7.01. The predicted molar refractivity (Wildman–Crippen MR) is 63.7 cm³/mol. The molecule has 5 nitrogen and oxygen atoms in total. The monoisotopic (exact) mass is 311 g/mol. The third-order valence-electron chi connectivity index (χ3n) is 2.57. The Labute approximate surface area is 113 Å². The van der Waals surface area contributed by atoms with E-state index in [0.717, 1.165) is 12.1 Å². The van der Waals surface area contributed by atoms with Gasteiger partial charge in [-0.2, -0.15) is 13.2 Å². The minimum atomic E-state index is -4.71. The number of sulfone groups is 1. The van der Waals surface area contributed by atoms with Crippen molar-refractivity contribution in [1.29, 1.82) is 0 Å².